The molecule has 1 aromatic rings. The standard InChI is InChI=1S/C13H16N2O3/c14-11(8-1-2-8)7-12(16)15-10-5-3-9(4-6-10)13(17)18/h3-6,8,11H,1-2,7,14H2,(H,15,16)(H,17,18). The van der Waals surface area contributed by atoms with Gasteiger partial charge in [0, 0.05) is 18.2 Å². The highest BCUT2D eigenvalue weighted by atomic mass is 16.4. The second kappa shape index (κ2) is 5.18. The van der Waals surface area contributed by atoms with Crippen molar-refractivity contribution in [3.63, 3.8) is 0 Å². The summed E-state index contributed by atoms with van der Waals surface area (Å²) < 4.78 is 0. The minimum atomic E-state index is -0.983. The predicted octanol–water partition coefficient (Wildman–Crippen LogP) is 1.45. The van der Waals surface area contributed by atoms with Crippen LogP contribution in [0.4, 0.5) is 5.69 Å². The number of rotatable bonds is 5. The first-order chi connectivity index (χ1) is 8.56. The summed E-state index contributed by atoms with van der Waals surface area (Å²) in [7, 11) is 0. The number of carboxylic acid groups (broad SMARTS) is 1. The van der Waals surface area contributed by atoms with E-state index in [0.717, 1.165) is 12.8 Å². The Balaban J connectivity index is 1.88. The second-order valence-corrected chi connectivity index (χ2v) is 4.64. The van der Waals surface area contributed by atoms with Crippen LogP contribution in [0.25, 0.3) is 0 Å². The van der Waals surface area contributed by atoms with E-state index in [1.165, 1.54) is 12.1 Å². The molecule has 1 amide bonds. The summed E-state index contributed by atoms with van der Waals surface area (Å²) in [6.45, 7) is 0. The zero-order valence-electron chi connectivity index (χ0n) is 9.93. The molecule has 1 unspecified atom stereocenters. The zero-order chi connectivity index (χ0) is 13.1. The van der Waals surface area contributed by atoms with Crippen LogP contribution in [0.5, 0.6) is 0 Å². The van der Waals surface area contributed by atoms with Gasteiger partial charge in [-0.05, 0) is 43.0 Å². The topological polar surface area (TPSA) is 92.4 Å². The molecule has 1 saturated carbocycles. The zero-order valence-corrected chi connectivity index (χ0v) is 9.93. The molecule has 1 aliphatic carbocycles. The van der Waals surface area contributed by atoms with Gasteiger partial charge >= 0.3 is 5.97 Å². The fourth-order valence-corrected chi connectivity index (χ4v) is 1.81. The Labute approximate surface area is 105 Å². The third kappa shape index (κ3) is 3.30. The van der Waals surface area contributed by atoms with Gasteiger partial charge < -0.3 is 16.2 Å². The Morgan fingerprint density at radius 1 is 1.33 bits per heavy atom. The van der Waals surface area contributed by atoms with E-state index < -0.39 is 5.97 Å². The van der Waals surface area contributed by atoms with Crippen LogP contribution in [0.3, 0.4) is 0 Å². The highest BCUT2D eigenvalue weighted by Crippen LogP contribution is 2.32. The molecule has 0 aromatic heterocycles. The van der Waals surface area contributed by atoms with Gasteiger partial charge in [-0.15, -0.1) is 0 Å². The van der Waals surface area contributed by atoms with Crippen LogP contribution in [0.1, 0.15) is 29.6 Å². The molecule has 2 rings (SSSR count). The molecular weight excluding hydrogens is 232 g/mol. The van der Waals surface area contributed by atoms with Crippen molar-refractivity contribution < 1.29 is 14.7 Å². The predicted molar refractivity (Wildman–Crippen MR) is 67.3 cm³/mol. The average Bonchev–Trinajstić information content (AvgIpc) is 3.13. The SMILES string of the molecule is NC(CC(=O)Nc1ccc(C(=O)O)cc1)C1CC1. The molecule has 1 aromatic carbocycles. The first-order valence-electron chi connectivity index (χ1n) is 5.95. The minimum Gasteiger partial charge on any atom is -0.478 e. The van der Waals surface area contributed by atoms with E-state index in [2.05, 4.69) is 5.32 Å². The molecule has 18 heavy (non-hydrogen) atoms. The molecule has 1 fully saturated rings. The van der Waals surface area contributed by atoms with E-state index >= 15 is 0 Å². The number of carbonyl (C=O) groups is 2. The molecule has 96 valence electrons. The van der Waals surface area contributed by atoms with Gasteiger partial charge in [-0.2, -0.15) is 0 Å². The number of carboxylic acids is 1. The van der Waals surface area contributed by atoms with Crippen LogP contribution in [0, 0.1) is 5.92 Å². The van der Waals surface area contributed by atoms with Crippen molar-refractivity contribution in [3.05, 3.63) is 29.8 Å². The van der Waals surface area contributed by atoms with Crippen molar-refractivity contribution in [1.29, 1.82) is 0 Å². The average molecular weight is 248 g/mol. The first kappa shape index (κ1) is 12.6. The number of hydrogen-bond donors (Lipinski definition) is 3. The fourth-order valence-electron chi connectivity index (χ4n) is 1.81. The van der Waals surface area contributed by atoms with Gasteiger partial charge in [0.05, 0.1) is 5.56 Å². The lowest BCUT2D eigenvalue weighted by Gasteiger charge is -2.10. The van der Waals surface area contributed by atoms with Gasteiger partial charge in [0.1, 0.15) is 0 Å². The molecule has 0 radical (unpaired) electrons. The summed E-state index contributed by atoms with van der Waals surface area (Å²) in [5, 5.41) is 11.5. The smallest absolute Gasteiger partial charge is 0.335 e. The summed E-state index contributed by atoms with van der Waals surface area (Å²) in [5.74, 6) is -0.619. The van der Waals surface area contributed by atoms with Crippen molar-refractivity contribution >= 4 is 17.6 Å². The molecule has 5 heteroatoms. The van der Waals surface area contributed by atoms with Crippen LogP contribution < -0.4 is 11.1 Å². The Hall–Kier alpha value is -1.88. The largest absolute Gasteiger partial charge is 0.478 e. The number of nitrogens with one attached hydrogen (secondary N) is 1. The van der Waals surface area contributed by atoms with Crippen molar-refractivity contribution in [2.45, 2.75) is 25.3 Å². The van der Waals surface area contributed by atoms with E-state index in [9.17, 15) is 9.59 Å². The quantitative estimate of drug-likeness (QED) is 0.735. The molecule has 0 bridgehead atoms. The third-order valence-electron chi connectivity index (χ3n) is 3.06. The highest BCUT2D eigenvalue weighted by Gasteiger charge is 2.29. The Kier molecular flexibility index (Phi) is 3.62. The molecule has 1 aliphatic rings. The Morgan fingerprint density at radius 3 is 2.44 bits per heavy atom. The summed E-state index contributed by atoms with van der Waals surface area (Å²) in [6, 6.07) is 5.99. The van der Waals surface area contributed by atoms with Crippen molar-refractivity contribution in [3.8, 4) is 0 Å². The summed E-state index contributed by atoms with van der Waals surface area (Å²) in [4.78, 5) is 22.3. The number of nitrogens with two attached hydrogens (primary N) is 1. The molecule has 0 saturated heterocycles. The molecule has 0 spiro atoms. The highest BCUT2D eigenvalue weighted by molar-refractivity contribution is 5.92. The summed E-state index contributed by atoms with van der Waals surface area (Å²) >= 11 is 0. The van der Waals surface area contributed by atoms with Gasteiger partial charge in [-0.3, -0.25) is 4.79 Å². The maximum atomic E-state index is 11.7. The van der Waals surface area contributed by atoms with E-state index in [1.54, 1.807) is 12.1 Å². The lowest BCUT2D eigenvalue weighted by atomic mass is 10.1. The van der Waals surface area contributed by atoms with Gasteiger partial charge in [-0.25, -0.2) is 4.79 Å². The second-order valence-electron chi connectivity index (χ2n) is 4.64. The van der Waals surface area contributed by atoms with E-state index in [4.69, 9.17) is 10.8 Å². The molecule has 0 heterocycles. The summed E-state index contributed by atoms with van der Waals surface area (Å²) in [6.07, 6.45) is 2.54. The maximum Gasteiger partial charge on any atom is 0.335 e. The fraction of sp³-hybridized carbons (Fsp3) is 0.385. The van der Waals surface area contributed by atoms with Crippen LogP contribution >= 0.6 is 0 Å². The van der Waals surface area contributed by atoms with Crippen LogP contribution in [-0.4, -0.2) is 23.0 Å². The van der Waals surface area contributed by atoms with Crippen LogP contribution in [0.2, 0.25) is 0 Å². The molecule has 1 atom stereocenters. The number of hydrogen-bond acceptors (Lipinski definition) is 3. The number of aromatic carboxylic acids is 1. The maximum absolute atomic E-state index is 11.7. The Bertz CT molecular complexity index is 452. The van der Waals surface area contributed by atoms with Gasteiger partial charge in [0.2, 0.25) is 5.91 Å². The number of anilines is 1. The van der Waals surface area contributed by atoms with Gasteiger partial charge in [-0.1, -0.05) is 0 Å². The number of benzene rings is 1. The third-order valence-corrected chi connectivity index (χ3v) is 3.06. The van der Waals surface area contributed by atoms with Crippen LogP contribution in [-0.2, 0) is 4.79 Å². The van der Waals surface area contributed by atoms with E-state index in [0.29, 0.717) is 18.0 Å². The monoisotopic (exact) mass is 248 g/mol. The van der Waals surface area contributed by atoms with Crippen molar-refractivity contribution in [2.75, 3.05) is 5.32 Å². The lowest BCUT2D eigenvalue weighted by Crippen LogP contribution is -2.28. The molecule has 5 nitrogen and oxygen atoms in total. The van der Waals surface area contributed by atoms with E-state index in [1.807, 2.05) is 0 Å². The Morgan fingerprint density at radius 2 is 1.94 bits per heavy atom. The molecular formula is C13H16N2O3. The van der Waals surface area contributed by atoms with E-state index in [-0.39, 0.29) is 17.5 Å². The van der Waals surface area contributed by atoms with Gasteiger partial charge in [0.15, 0.2) is 0 Å². The summed E-state index contributed by atoms with van der Waals surface area (Å²) in [5.41, 5.74) is 6.65. The van der Waals surface area contributed by atoms with Crippen molar-refractivity contribution in [2.24, 2.45) is 11.7 Å². The number of carbonyl (C=O) groups excluding carboxylic acids is 1. The van der Waals surface area contributed by atoms with Crippen LogP contribution in [0.15, 0.2) is 24.3 Å². The normalized spacial score (nSPS) is 16.1. The minimum absolute atomic E-state index is 0.0664. The van der Waals surface area contributed by atoms with Gasteiger partial charge in [0.25, 0.3) is 0 Å². The van der Waals surface area contributed by atoms with Crippen molar-refractivity contribution in [1.82, 2.24) is 0 Å². The first-order valence-corrected chi connectivity index (χ1v) is 5.95. The lowest BCUT2D eigenvalue weighted by molar-refractivity contribution is -0.116. The molecule has 0 aliphatic heterocycles. The number of amides is 1. The molecule has 4 N–H and O–H groups in total.